The molecule has 196 valence electrons. The summed E-state index contributed by atoms with van der Waals surface area (Å²) >= 11 is 6.14. The summed E-state index contributed by atoms with van der Waals surface area (Å²) in [7, 11) is 0. The van der Waals surface area contributed by atoms with Crippen LogP contribution in [0.25, 0.3) is 10.9 Å². The molecule has 3 amide bonds. The van der Waals surface area contributed by atoms with Crippen LogP contribution >= 0.6 is 11.6 Å². The molecular formula is C29H29ClN4O4. The Bertz CT molecular complexity index is 1490. The van der Waals surface area contributed by atoms with Crippen LogP contribution in [0, 0.1) is 13.8 Å². The SMILES string of the molecule is CCCCOc1ccc(NC(=O)C(=O)Nn2c(C(=O)Nc3ccc(C)c(C)c3)cc3cc(Cl)ccc32)cc1. The molecule has 8 nitrogen and oxygen atoms in total. The van der Waals surface area contributed by atoms with E-state index in [9.17, 15) is 14.4 Å². The lowest BCUT2D eigenvalue weighted by Crippen LogP contribution is -2.36. The van der Waals surface area contributed by atoms with E-state index in [1.54, 1.807) is 54.6 Å². The Labute approximate surface area is 225 Å². The molecule has 0 spiro atoms. The zero-order chi connectivity index (χ0) is 27.2. The molecule has 0 aliphatic carbocycles. The van der Waals surface area contributed by atoms with Gasteiger partial charge in [0.15, 0.2) is 0 Å². The van der Waals surface area contributed by atoms with Crippen molar-refractivity contribution in [2.75, 3.05) is 22.7 Å². The largest absolute Gasteiger partial charge is 0.494 e. The van der Waals surface area contributed by atoms with Crippen LogP contribution < -0.4 is 20.8 Å². The van der Waals surface area contributed by atoms with Gasteiger partial charge < -0.3 is 15.4 Å². The van der Waals surface area contributed by atoms with Gasteiger partial charge in [0.25, 0.3) is 5.91 Å². The lowest BCUT2D eigenvalue weighted by Gasteiger charge is -2.13. The maximum atomic E-state index is 13.2. The van der Waals surface area contributed by atoms with Crippen LogP contribution in [0.1, 0.15) is 41.4 Å². The first-order valence-corrected chi connectivity index (χ1v) is 12.7. The Morgan fingerprint density at radius 3 is 2.29 bits per heavy atom. The third kappa shape index (κ3) is 6.33. The average Bonchev–Trinajstić information content (AvgIpc) is 3.24. The number of hydrogen-bond donors (Lipinski definition) is 3. The molecule has 1 aromatic heterocycles. The molecule has 0 radical (unpaired) electrons. The fourth-order valence-electron chi connectivity index (χ4n) is 3.80. The number of fused-ring (bicyclic) bond motifs is 1. The van der Waals surface area contributed by atoms with Crippen LogP contribution in [0.4, 0.5) is 11.4 Å². The minimum atomic E-state index is -0.944. The minimum Gasteiger partial charge on any atom is -0.494 e. The number of aryl methyl sites for hydroxylation is 2. The quantitative estimate of drug-likeness (QED) is 0.190. The second kappa shape index (κ2) is 11.8. The lowest BCUT2D eigenvalue weighted by atomic mass is 10.1. The highest BCUT2D eigenvalue weighted by Crippen LogP contribution is 2.24. The zero-order valence-electron chi connectivity index (χ0n) is 21.4. The Morgan fingerprint density at radius 1 is 0.842 bits per heavy atom. The summed E-state index contributed by atoms with van der Waals surface area (Å²) in [4.78, 5) is 38.8. The predicted molar refractivity (Wildman–Crippen MR) is 151 cm³/mol. The zero-order valence-corrected chi connectivity index (χ0v) is 22.2. The highest BCUT2D eigenvalue weighted by atomic mass is 35.5. The predicted octanol–water partition coefficient (Wildman–Crippen LogP) is 6.05. The number of aromatic nitrogens is 1. The van der Waals surface area contributed by atoms with Crippen LogP contribution in [0.15, 0.2) is 66.7 Å². The van der Waals surface area contributed by atoms with Gasteiger partial charge in [-0.25, -0.2) is 4.68 Å². The van der Waals surface area contributed by atoms with Crippen LogP contribution in [-0.2, 0) is 9.59 Å². The highest BCUT2D eigenvalue weighted by Gasteiger charge is 2.21. The van der Waals surface area contributed by atoms with E-state index < -0.39 is 17.7 Å². The summed E-state index contributed by atoms with van der Waals surface area (Å²) in [6.07, 6.45) is 1.98. The summed E-state index contributed by atoms with van der Waals surface area (Å²) in [6, 6.07) is 18.9. The van der Waals surface area contributed by atoms with Crippen molar-refractivity contribution in [3.8, 4) is 5.75 Å². The summed E-state index contributed by atoms with van der Waals surface area (Å²) in [5.41, 5.74) is 6.36. The number of ether oxygens (including phenoxy) is 1. The first kappa shape index (κ1) is 26.8. The number of rotatable bonds is 8. The maximum absolute atomic E-state index is 13.2. The first-order valence-electron chi connectivity index (χ1n) is 12.3. The molecule has 4 rings (SSSR count). The highest BCUT2D eigenvalue weighted by molar-refractivity contribution is 6.42. The molecule has 0 fully saturated rings. The molecule has 3 aromatic carbocycles. The van der Waals surface area contributed by atoms with Gasteiger partial charge in [-0.3, -0.25) is 19.8 Å². The number of carbonyl (C=O) groups is 3. The number of carbonyl (C=O) groups excluding carboxylic acids is 3. The van der Waals surface area contributed by atoms with Gasteiger partial charge in [-0.05, 0) is 92.1 Å². The molecule has 9 heteroatoms. The number of anilines is 2. The van der Waals surface area contributed by atoms with Gasteiger partial charge in [-0.2, -0.15) is 0 Å². The summed E-state index contributed by atoms with van der Waals surface area (Å²) < 4.78 is 6.91. The van der Waals surface area contributed by atoms with Crippen molar-refractivity contribution in [3.63, 3.8) is 0 Å². The van der Waals surface area contributed by atoms with E-state index in [-0.39, 0.29) is 5.69 Å². The number of hydrogen-bond acceptors (Lipinski definition) is 4. The van der Waals surface area contributed by atoms with Gasteiger partial charge in [0.2, 0.25) is 0 Å². The van der Waals surface area contributed by atoms with Crippen molar-refractivity contribution >= 4 is 51.6 Å². The van der Waals surface area contributed by atoms with E-state index in [2.05, 4.69) is 23.0 Å². The van der Waals surface area contributed by atoms with E-state index in [0.717, 1.165) is 24.0 Å². The molecule has 0 atom stereocenters. The summed E-state index contributed by atoms with van der Waals surface area (Å²) in [6.45, 7) is 6.63. The number of nitrogens with one attached hydrogen (secondary N) is 3. The molecule has 3 N–H and O–H groups in total. The molecule has 38 heavy (non-hydrogen) atoms. The topological polar surface area (TPSA) is 101 Å². The van der Waals surface area contributed by atoms with Gasteiger partial charge in [-0.1, -0.05) is 31.0 Å². The number of amides is 3. The van der Waals surface area contributed by atoms with E-state index in [1.807, 2.05) is 26.0 Å². The summed E-state index contributed by atoms with van der Waals surface area (Å²) in [5.74, 6) is -1.61. The van der Waals surface area contributed by atoms with Gasteiger partial charge in [-0.15, -0.1) is 0 Å². The Balaban J connectivity index is 1.52. The van der Waals surface area contributed by atoms with Crippen LogP contribution in [-0.4, -0.2) is 29.0 Å². The van der Waals surface area contributed by atoms with E-state index in [4.69, 9.17) is 16.3 Å². The van der Waals surface area contributed by atoms with Gasteiger partial charge >= 0.3 is 11.8 Å². The average molecular weight is 533 g/mol. The molecule has 0 unspecified atom stereocenters. The Hall–Kier alpha value is -4.30. The molecule has 0 saturated carbocycles. The van der Waals surface area contributed by atoms with Crippen molar-refractivity contribution in [2.24, 2.45) is 0 Å². The normalized spacial score (nSPS) is 10.7. The minimum absolute atomic E-state index is 0.134. The molecule has 4 aromatic rings. The summed E-state index contributed by atoms with van der Waals surface area (Å²) in [5, 5.41) is 6.52. The van der Waals surface area contributed by atoms with Crippen molar-refractivity contribution in [2.45, 2.75) is 33.6 Å². The second-order valence-corrected chi connectivity index (χ2v) is 9.38. The number of unbranched alkanes of at least 4 members (excludes halogenated alkanes) is 1. The van der Waals surface area contributed by atoms with Crippen molar-refractivity contribution in [3.05, 3.63) is 88.6 Å². The van der Waals surface area contributed by atoms with Gasteiger partial charge in [0.05, 0.1) is 12.1 Å². The van der Waals surface area contributed by atoms with Gasteiger partial charge in [0, 0.05) is 21.8 Å². The standard InChI is InChI=1S/C29H29ClN4O4/c1-4-5-14-38-24-11-9-22(10-12-24)31-28(36)29(37)33-34-25-13-7-21(30)16-20(25)17-26(34)27(35)32-23-8-6-18(2)19(3)15-23/h6-13,15-17H,4-5,14H2,1-3H3,(H,31,36)(H,32,35)(H,33,37). The third-order valence-electron chi connectivity index (χ3n) is 6.06. The number of benzene rings is 3. The Morgan fingerprint density at radius 2 is 1.58 bits per heavy atom. The molecule has 1 heterocycles. The van der Waals surface area contributed by atoms with E-state index >= 15 is 0 Å². The lowest BCUT2D eigenvalue weighted by molar-refractivity contribution is -0.133. The fourth-order valence-corrected chi connectivity index (χ4v) is 3.98. The van der Waals surface area contributed by atoms with Crippen LogP contribution in [0.2, 0.25) is 5.02 Å². The van der Waals surface area contributed by atoms with Crippen molar-refractivity contribution in [1.82, 2.24) is 4.68 Å². The molecule has 0 bridgehead atoms. The smallest absolute Gasteiger partial charge is 0.328 e. The van der Waals surface area contributed by atoms with Crippen LogP contribution in [0.5, 0.6) is 5.75 Å². The number of nitrogens with zero attached hydrogens (tertiary/aromatic N) is 1. The molecule has 0 saturated heterocycles. The van der Waals surface area contributed by atoms with E-state index in [0.29, 0.717) is 39.7 Å². The monoisotopic (exact) mass is 532 g/mol. The molecular weight excluding hydrogens is 504 g/mol. The first-order chi connectivity index (χ1) is 18.2. The molecule has 0 aliphatic heterocycles. The maximum Gasteiger partial charge on any atom is 0.328 e. The second-order valence-electron chi connectivity index (χ2n) is 8.94. The Kier molecular flexibility index (Phi) is 8.33. The van der Waals surface area contributed by atoms with E-state index in [1.165, 1.54) is 4.68 Å². The van der Waals surface area contributed by atoms with Crippen molar-refractivity contribution in [1.29, 1.82) is 0 Å². The van der Waals surface area contributed by atoms with Crippen LogP contribution in [0.3, 0.4) is 0 Å². The number of halogens is 1. The van der Waals surface area contributed by atoms with Crippen molar-refractivity contribution < 1.29 is 19.1 Å². The molecule has 0 aliphatic rings. The fraction of sp³-hybridized carbons (Fsp3) is 0.207. The third-order valence-corrected chi connectivity index (χ3v) is 6.29. The van der Waals surface area contributed by atoms with Gasteiger partial charge in [0.1, 0.15) is 11.4 Å².